The van der Waals surface area contributed by atoms with E-state index in [1.807, 2.05) is 6.07 Å². The number of rotatable bonds is 5. The van der Waals surface area contributed by atoms with Crippen molar-refractivity contribution in [2.45, 2.75) is 12.8 Å². The van der Waals surface area contributed by atoms with E-state index in [9.17, 15) is 13.2 Å². The second kappa shape index (κ2) is 7.85. The lowest BCUT2D eigenvalue weighted by Crippen LogP contribution is -2.37. The van der Waals surface area contributed by atoms with Gasteiger partial charge in [0.1, 0.15) is 0 Å². The van der Waals surface area contributed by atoms with Gasteiger partial charge in [0.05, 0.1) is 26.9 Å². The highest BCUT2D eigenvalue weighted by Crippen LogP contribution is 2.27. The Morgan fingerprint density at radius 3 is 2.42 bits per heavy atom. The lowest BCUT2D eigenvalue weighted by atomic mass is 10.1. The van der Waals surface area contributed by atoms with Crippen molar-refractivity contribution >= 4 is 15.9 Å². The van der Waals surface area contributed by atoms with Gasteiger partial charge in [-0.05, 0) is 24.1 Å². The van der Waals surface area contributed by atoms with E-state index >= 15 is 0 Å². The average molecular weight is 356 g/mol. The average Bonchev–Trinajstić information content (AvgIpc) is 2.80. The smallest absolute Gasteiger partial charge is 0.227 e. The number of hydrogen-bond acceptors (Lipinski definition) is 5. The molecule has 24 heavy (non-hydrogen) atoms. The van der Waals surface area contributed by atoms with Crippen LogP contribution < -0.4 is 9.47 Å². The fourth-order valence-electron chi connectivity index (χ4n) is 2.75. The number of methoxy groups -OCH3 is 2. The first-order valence-corrected chi connectivity index (χ1v) is 9.63. The summed E-state index contributed by atoms with van der Waals surface area (Å²) in [4.78, 5) is 14.2. The third-order valence-electron chi connectivity index (χ3n) is 4.08. The SMILES string of the molecule is COc1ccc(CC(=O)N2CCCN(S(C)(=O)=O)CC2)cc1OC. The van der Waals surface area contributed by atoms with Gasteiger partial charge >= 0.3 is 0 Å². The second-order valence-corrected chi connectivity index (χ2v) is 7.74. The van der Waals surface area contributed by atoms with E-state index in [-0.39, 0.29) is 12.3 Å². The Hall–Kier alpha value is -1.80. The third kappa shape index (κ3) is 4.61. The van der Waals surface area contributed by atoms with Crippen molar-refractivity contribution in [3.05, 3.63) is 23.8 Å². The van der Waals surface area contributed by atoms with E-state index in [1.54, 1.807) is 31.3 Å². The lowest BCUT2D eigenvalue weighted by Gasteiger charge is -2.21. The predicted molar refractivity (Wildman–Crippen MR) is 90.9 cm³/mol. The van der Waals surface area contributed by atoms with Gasteiger partial charge in [-0.25, -0.2) is 12.7 Å². The number of amides is 1. The van der Waals surface area contributed by atoms with Crippen LogP contribution in [0.15, 0.2) is 18.2 Å². The first-order chi connectivity index (χ1) is 11.3. The number of benzene rings is 1. The molecule has 1 amide bonds. The van der Waals surface area contributed by atoms with Gasteiger partial charge in [-0.15, -0.1) is 0 Å². The Labute approximate surface area is 143 Å². The normalized spacial score (nSPS) is 16.5. The zero-order valence-electron chi connectivity index (χ0n) is 14.3. The fraction of sp³-hybridized carbons (Fsp3) is 0.562. The van der Waals surface area contributed by atoms with Crippen LogP contribution in [-0.2, 0) is 21.2 Å². The van der Waals surface area contributed by atoms with E-state index in [0.717, 1.165) is 5.56 Å². The Morgan fingerprint density at radius 2 is 1.79 bits per heavy atom. The maximum absolute atomic E-state index is 12.5. The molecule has 1 aromatic carbocycles. The van der Waals surface area contributed by atoms with Crippen LogP contribution in [-0.4, -0.2) is 70.2 Å². The molecule has 0 atom stereocenters. The van der Waals surface area contributed by atoms with Crippen LogP contribution in [0.2, 0.25) is 0 Å². The lowest BCUT2D eigenvalue weighted by molar-refractivity contribution is -0.130. The summed E-state index contributed by atoms with van der Waals surface area (Å²) in [6.45, 7) is 1.78. The molecule has 0 N–H and O–H groups in total. The number of carbonyl (C=O) groups is 1. The third-order valence-corrected chi connectivity index (χ3v) is 5.38. The minimum Gasteiger partial charge on any atom is -0.493 e. The number of hydrogen-bond donors (Lipinski definition) is 0. The summed E-state index contributed by atoms with van der Waals surface area (Å²) in [5, 5.41) is 0. The minimum absolute atomic E-state index is 0.0161. The van der Waals surface area contributed by atoms with E-state index in [0.29, 0.717) is 44.1 Å². The van der Waals surface area contributed by atoms with Gasteiger partial charge < -0.3 is 14.4 Å². The van der Waals surface area contributed by atoms with Crippen molar-refractivity contribution in [3.63, 3.8) is 0 Å². The Kier molecular flexibility index (Phi) is 6.06. The molecule has 1 saturated heterocycles. The Balaban J connectivity index is 2.02. The molecule has 1 fully saturated rings. The molecule has 1 aromatic rings. The summed E-state index contributed by atoms with van der Waals surface area (Å²) in [6, 6.07) is 5.40. The van der Waals surface area contributed by atoms with Gasteiger partial charge in [-0.3, -0.25) is 4.79 Å². The van der Waals surface area contributed by atoms with Crippen LogP contribution in [0.5, 0.6) is 11.5 Å². The molecule has 0 saturated carbocycles. The van der Waals surface area contributed by atoms with Crippen LogP contribution in [0, 0.1) is 0 Å². The molecule has 0 bridgehead atoms. The Bertz CT molecular complexity index is 690. The maximum Gasteiger partial charge on any atom is 0.227 e. The molecule has 2 rings (SSSR count). The molecule has 0 spiro atoms. The van der Waals surface area contributed by atoms with Crippen LogP contribution >= 0.6 is 0 Å². The van der Waals surface area contributed by atoms with E-state index < -0.39 is 10.0 Å². The topological polar surface area (TPSA) is 76.2 Å². The monoisotopic (exact) mass is 356 g/mol. The number of nitrogens with zero attached hydrogens (tertiary/aromatic N) is 2. The Morgan fingerprint density at radius 1 is 1.08 bits per heavy atom. The van der Waals surface area contributed by atoms with Gasteiger partial charge in [0.2, 0.25) is 15.9 Å². The predicted octanol–water partition coefficient (Wildman–Crippen LogP) is 0.740. The quantitative estimate of drug-likeness (QED) is 0.778. The standard InChI is InChI=1S/C16H24N2O5S/c1-22-14-6-5-13(11-15(14)23-2)12-16(19)17-7-4-8-18(10-9-17)24(3,20)21/h5-6,11H,4,7-10,12H2,1-3H3. The van der Waals surface area contributed by atoms with E-state index in [2.05, 4.69) is 0 Å². The molecule has 0 aliphatic carbocycles. The van der Waals surface area contributed by atoms with Gasteiger partial charge in [-0.2, -0.15) is 0 Å². The molecular formula is C16H24N2O5S. The molecule has 7 nitrogen and oxygen atoms in total. The van der Waals surface area contributed by atoms with Crippen molar-refractivity contribution in [1.29, 1.82) is 0 Å². The minimum atomic E-state index is -3.21. The summed E-state index contributed by atoms with van der Waals surface area (Å²) in [7, 11) is -0.0924. The van der Waals surface area contributed by atoms with E-state index in [4.69, 9.17) is 9.47 Å². The first kappa shape index (κ1) is 18.5. The summed E-state index contributed by atoms with van der Waals surface area (Å²) in [5.74, 6) is 1.19. The molecule has 1 heterocycles. The summed E-state index contributed by atoms with van der Waals surface area (Å²) >= 11 is 0. The molecule has 0 aromatic heterocycles. The molecule has 134 valence electrons. The van der Waals surface area contributed by atoms with Gasteiger partial charge in [0, 0.05) is 26.2 Å². The zero-order valence-corrected chi connectivity index (χ0v) is 15.1. The van der Waals surface area contributed by atoms with Crippen molar-refractivity contribution < 1.29 is 22.7 Å². The number of carbonyl (C=O) groups excluding carboxylic acids is 1. The van der Waals surface area contributed by atoms with Gasteiger partial charge in [-0.1, -0.05) is 6.07 Å². The highest BCUT2D eigenvalue weighted by molar-refractivity contribution is 7.88. The van der Waals surface area contributed by atoms with Crippen molar-refractivity contribution in [3.8, 4) is 11.5 Å². The molecule has 1 aliphatic heterocycles. The second-order valence-electron chi connectivity index (χ2n) is 5.76. The van der Waals surface area contributed by atoms with Crippen molar-refractivity contribution in [2.24, 2.45) is 0 Å². The van der Waals surface area contributed by atoms with Crippen LogP contribution in [0.4, 0.5) is 0 Å². The van der Waals surface area contributed by atoms with E-state index in [1.165, 1.54) is 10.6 Å². The van der Waals surface area contributed by atoms with Crippen molar-refractivity contribution in [2.75, 3.05) is 46.7 Å². The molecule has 1 aliphatic rings. The summed E-state index contributed by atoms with van der Waals surface area (Å²) in [6.07, 6.45) is 2.10. The molecule has 0 radical (unpaired) electrons. The fourth-order valence-corrected chi connectivity index (χ4v) is 3.63. The highest BCUT2D eigenvalue weighted by atomic mass is 32.2. The van der Waals surface area contributed by atoms with Crippen molar-refractivity contribution in [1.82, 2.24) is 9.21 Å². The maximum atomic E-state index is 12.5. The summed E-state index contributed by atoms with van der Waals surface area (Å²) < 4.78 is 35.1. The highest BCUT2D eigenvalue weighted by Gasteiger charge is 2.24. The molecule has 0 unspecified atom stereocenters. The molecular weight excluding hydrogens is 332 g/mol. The zero-order chi connectivity index (χ0) is 17.7. The summed E-state index contributed by atoms with van der Waals surface area (Å²) in [5.41, 5.74) is 0.835. The number of sulfonamides is 1. The number of ether oxygens (including phenoxy) is 2. The van der Waals surface area contributed by atoms with Crippen LogP contribution in [0.3, 0.4) is 0 Å². The molecule has 8 heteroatoms. The first-order valence-electron chi connectivity index (χ1n) is 7.79. The van der Waals surface area contributed by atoms with Crippen LogP contribution in [0.25, 0.3) is 0 Å². The van der Waals surface area contributed by atoms with Crippen LogP contribution in [0.1, 0.15) is 12.0 Å². The van der Waals surface area contributed by atoms with Gasteiger partial charge in [0.15, 0.2) is 11.5 Å². The largest absolute Gasteiger partial charge is 0.493 e. The van der Waals surface area contributed by atoms with Gasteiger partial charge in [0.25, 0.3) is 0 Å².